The van der Waals surface area contributed by atoms with Gasteiger partial charge in [-0.15, -0.1) is 5.10 Å². The molecule has 0 saturated heterocycles. The van der Waals surface area contributed by atoms with Crippen molar-refractivity contribution in [3.05, 3.63) is 70.4 Å². The number of carbonyl (C=O) groups is 1. The van der Waals surface area contributed by atoms with Crippen molar-refractivity contribution < 1.29 is 4.79 Å². The van der Waals surface area contributed by atoms with Gasteiger partial charge in [0.2, 0.25) is 5.95 Å². The molecular formula is C23H22ClN5O. The molecule has 2 heterocycles. The molecule has 0 radical (unpaired) electrons. The van der Waals surface area contributed by atoms with Crippen molar-refractivity contribution in [2.75, 3.05) is 24.3 Å². The maximum Gasteiger partial charge on any atom is 0.226 e. The number of Topliss-reactive ketones (excluding diaryl/α,β-unsaturated/α-hetero) is 1. The van der Waals surface area contributed by atoms with Crippen LogP contribution < -0.4 is 10.2 Å². The number of carbonyl (C=O) groups excluding carboxylic acids is 1. The van der Waals surface area contributed by atoms with Crippen LogP contribution in [0.25, 0.3) is 11.4 Å². The predicted molar refractivity (Wildman–Crippen MR) is 119 cm³/mol. The minimum absolute atomic E-state index is 0.168. The van der Waals surface area contributed by atoms with E-state index in [1.165, 1.54) is 0 Å². The van der Waals surface area contributed by atoms with Crippen LogP contribution in [0.2, 0.25) is 5.02 Å². The minimum Gasteiger partial charge on any atom is -0.378 e. The highest BCUT2D eigenvalue weighted by Gasteiger charge is 2.36. The van der Waals surface area contributed by atoms with Crippen LogP contribution in [-0.2, 0) is 4.79 Å². The molecular weight excluding hydrogens is 398 g/mol. The molecule has 2 aliphatic rings. The molecule has 6 nitrogen and oxygen atoms in total. The van der Waals surface area contributed by atoms with Crippen LogP contribution in [0.4, 0.5) is 11.6 Å². The summed E-state index contributed by atoms with van der Waals surface area (Å²) in [6, 6.07) is 15.5. The van der Waals surface area contributed by atoms with E-state index in [0.717, 1.165) is 40.9 Å². The smallest absolute Gasteiger partial charge is 0.226 e. The fraction of sp³-hybridized carbons (Fsp3) is 0.261. The van der Waals surface area contributed by atoms with Crippen LogP contribution in [-0.4, -0.2) is 34.6 Å². The number of hydrogen-bond donors (Lipinski definition) is 1. The molecule has 1 aliphatic heterocycles. The number of fused-ring (bicyclic) bond motifs is 1. The molecule has 0 unspecified atom stereocenters. The lowest BCUT2D eigenvalue weighted by Gasteiger charge is -2.32. The van der Waals surface area contributed by atoms with Crippen LogP contribution >= 0.6 is 11.6 Å². The van der Waals surface area contributed by atoms with E-state index in [1.807, 2.05) is 67.3 Å². The Kier molecular flexibility index (Phi) is 4.59. The number of hydrogen-bond acceptors (Lipinski definition) is 5. The quantitative estimate of drug-likeness (QED) is 0.667. The van der Waals surface area contributed by atoms with Crippen molar-refractivity contribution in [1.29, 1.82) is 0 Å². The number of halogens is 1. The first-order valence-corrected chi connectivity index (χ1v) is 10.4. The zero-order valence-electron chi connectivity index (χ0n) is 16.9. The van der Waals surface area contributed by atoms with Crippen LogP contribution in [0.5, 0.6) is 0 Å². The lowest BCUT2D eigenvalue weighted by atomic mass is 9.85. The summed E-state index contributed by atoms with van der Waals surface area (Å²) < 4.78 is 1.83. The maximum atomic E-state index is 12.9. The largest absolute Gasteiger partial charge is 0.378 e. The SMILES string of the molecule is CN(C)c1ccc(-c2nc3n(n2)[C@H](c2ccc(Cl)cc2)C2=C(CCCC2=O)N3)cc1. The lowest BCUT2D eigenvalue weighted by molar-refractivity contribution is -0.116. The lowest BCUT2D eigenvalue weighted by Crippen LogP contribution is -2.31. The average Bonchev–Trinajstić information content (AvgIpc) is 3.17. The van der Waals surface area contributed by atoms with Crippen molar-refractivity contribution in [2.24, 2.45) is 0 Å². The number of rotatable bonds is 3. The van der Waals surface area contributed by atoms with Gasteiger partial charge in [-0.1, -0.05) is 23.7 Å². The number of aromatic nitrogens is 3. The Morgan fingerprint density at radius 3 is 2.50 bits per heavy atom. The normalized spacial score (nSPS) is 18.0. The molecule has 0 saturated carbocycles. The molecule has 7 heteroatoms. The third-order valence-electron chi connectivity index (χ3n) is 5.70. The molecule has 1 aliphatic carbocycles. The first-order valence-electron chi connectivity index (χ1n) is 10.0. The van der Waals surface area contributed by atoms with Gasteiger partial charge in [-0.2, -0.15) is 4.98 Å². The summed E-state index contributed by atoms with van der Waals surface area (Å²) in [5, 5.41) is 8.85. The van der Waals surface area contributed by atoms with E-state index < -0.39 is 0 Å². The fourth-order valence-electron chi connectivity index (χ4n) is 4.14. The Morgan fingerprint density at radius 1 is 1.07 bits per heavy atom. The van der Waals surface area contributed by atoms with Gasteiger partial charge in [0.25, 0.3) is 0 Å². The molecule has 0 fully saturated rings. The Hall–Kier alpha value is -3.12. The summed E-state index contributed by atoms with van der Waals surface area (Å²) in [5.74, 6) is 1.46. The molecule has 0 bridgehead atoms. The van der Waals surface area contributed by atoms with Crippen molar-refractivity contribution in [1.82, 2.24) is 14.8 Å². The van der Waals surface area contributed by atoms with Crippen LogP contribution in [0.3, 0.4) is 0 Å². The van der Waals surface area contributed by atoms with Crippen LogP contribution in [0.15, 0.2) is 59.8 Å². The zero-order chi connectivity index (χ0) is 20.8. The number of nitrogens with one attached hydrogen (secondary N) is 1. The van der Waals surface area contributed by atoms with E-state index in [1.54, 1.807) is 0 Å². The summed E-state index contributed by atoms with van der Waals surface area (Å²) in [7, 11) is 4.02. The molecule has 3 aromatic rings. The molecule has 1 atom stereocenters. The van der Waals surface area contributed by atoms with Crippen molar-refractivity contribution in [3.8, 4) is 11.4 Å². The standard InChI is InChI=1S/C23H22ClN5O/c1-28(2)17-12-8-15(9-13-17)22-26-23-25-18-4-3-5-19(30)20(18)21(29(23)27-22)14-6-10-16(24)11-7-14/h6-13,21H,3-5H2,1-2H3,(H,25,26,27)/t21-/m1/s1. The Labute approximate surface area is 180 Å². The highest BCUT2D eigenvalue weighted by molar-refractivity contribution is 6.30. The predicted octanol–water partition coefficient (Wildman–Crippen LogP) is 4.69. The van der Waals surface area contributed by atoms with Crippen LogP contribution in [0, 0.1) is 0 Å². The third kappa shape index (κ3) is 3.17. The molecule has 30 heavy (non-hydrogen) atoms. The van der Waals surface area contributed by atoms with Gasteiger partial charge in [-0.3, -0.25) is 4.79 Å². The molecule has 1 N–H and O–H groups in total. The molecule has 152 valence electrons. The summed E-state index contributed by atoms with van der Waals surface area (Å²) in [4.78, 5) is 19.7. The number of benzene rings is 2. The van der Waals surface area contributed by atoms with E-state index in [2.05, 4.69) is 10.2 Å². The monoisotopic (exact) mass is 419 g/mol. The zero-order valence-corrected chi connectivity index (χ0v) is 17.6. The molecule has 0 spiro atoms. The molecule has 1 aromatic heterocycles. The number of ketones is 1. The van der Waals surface area contributed by atoms with Gasteiger partial charge >= 0.3 is 0 Å². The second-order valence-electron chi connectivity index (χ2n) is 7.89. The van der Waals surface area contributed by atoms with Crippen molar-refractivity contribution in [3.63, 3.8) is 0 Å². The first-order chi connectivity index (χ1) is 14.5. The topological polar surface area (TPSA) is 63.1 Å². The second kappa shape index (κ2) is 7.29. The van der Waals surface area contributed by atoms with Gasteiger partial charge in [0.05, 0.1) is 0 Å². The third-order valence-corrected chi connectivity index (χ3v) is 5.95. The average molecular weight is 420 g/mol. The van der Waals surface area contributed by atoms with Crippen LogP contribution in [0.1, 0.15) is 30.9 Å². The van der Waals surface area contributed by atoms with Gasteiger partial charge in [0.1, 0.15) is 6.04 Å². The number of allylic oxidation sites excluding steroid dienone is 2. The van der Waals surface area contributed by atoms with E-state index in [0.29, 0.717) is 23.2 Å². The summed E-state index contributed by atoms with van der Waals surface area (Å²) >= 11 is 6.11. The summed E-state index contributed by atoms with van der Waals surface area (Å²) in [6.45, 7) is 0. The minimum atomic E-state index is -0.302. The van der Waals surface area contributed by atoms with E-state index in [9.17, 15) is 4.79 Å². The second-order valence-corrected chi connectivity index (χ2v) is 8.33. The van der Waals surface area contributed by atoms with Crippen molar-refractivity contribution >= 4 is 29.0 Å². The number of nitrogens with zero attached hydrogens (tertiary/aromatic N) is 4. The summed E-state index contributed by atoms with van der Waals surface area (Å²) in [5.41, 5.74) is 4.77. The molecule has 5 rings (SSSR count). The van der Waals surface area contributed by atoms with E-state index in [-0.39, 0.29) is 11.8 Å². The van der Waals surface area contributed by atoms with Gasteiger partial charge in [0, 0.05) is 48.1 Å². The van der Waals surface area contributed by atoms with Gasteiger partial charge in [0.15, 0.2) is 11.6 Å². The highest BCUT2D eigenvalue weighted by Crippen LogP contribution is 2.40. The van der Waals surface area contributed by atoms with Gasteiger partial charge < -0.3 is 10.2 Å². The van der Waals surface area contributed by atoms with Crippen molar-refractivity contribution in [2.45, 2.75) is 25.3 Å². The van der Waals surface area contributed by atoms with E-state index in [4.69, 9.17) is 21.7 Å². The molecule has 0 amide bonds. The van der Waals surface area contributed by atoms with Gasteiger partial charge in [-0.05, 0) is 54.8 Å². The maximum absolute atomic E-state index is 12.9. The molecule has 2 aromatic carbocycles. The van der Waals surface area contributed by atoms with Gasteiger partial charge in [-0.25, -0.2) is 4.68 Å². The Bertz CT molecular complexity index is 1150. The Balaban J connectivity index is 1.61. The summed E-state index contributed by atoms with van der Waals surface area (Å²) in [6.07, 6.45) is 2.25. The number of anilines is 2. The van der Waals surface area contributed by atoms with E-state index >= 15 is 0 Å². The highest BCUT2D eigenvalue weighted by atomic mass is 35.5. The Morgan fingerprint density at radius 2 is 1.80 bits per heavy atom. The fourth-order valence-corrected chi connectivity index (χ4v) is 4.27. The first kappa shape index (κ1) is 18.9.